The molecule has 4 aliphatic rings. The van der Waals surface area contributed by atoms with Crippen LogP contribution in [-0.4, -0.2) is 48.8 Å². The van der Waals surface area contributed by atoms with Gasteiger partial charge in [0, 0.05) is 16.1 Å². The molecule has 2 bridgehead atoms. The van der Waals surface area contributed by atoms with E-state index in [1.165, 1.54) is 16.7 Å². The largest absolute Gasteiger partial charge is 0.493 e. The number of aliphatic carboxylic acids is 1. The molecule has 0 aromatic heterocycles. The van der Waals surface area contributed by atoms with Crippen molar-refractivity contribution in [3.8, 4) is 11.5 Å². The third-order valence-electron chi connectivity index (χ3n) is 6.48. The Labute approximate surface area is 160 Å². The number of carboxylic acids is 1. The van der Waals surface area contributed by atoms with Crippen molar-refractivity contribution in [1.29, 1.82) is 0 Å². The van der Waals surface area contributed by atoms with Crippen molar-refractivity contribution >= 4 is 21.9 Å². The maximum Gasteiger partial charge on any atom is 0.307 e. The minimum absolute atomic E-state index is 0.00348. The molecule has 5 rings (SSSR count). The molecule has 2 aliphatic carbocycles. The third-order valence-corrected chi connectivity index (χ3v) is 7.19. The molecular weight excluding hydrogens is 398 g/mol. The van der Waals surface area contributed by atoms with Gasteiger partial charge in [0.2, 0.25) is 0 Å². The fourth-order valence-corrected chi connectivity index (χ4v) is 5.97. The number of likely N-dealkylation sites (tertiary alicyclic amines) is 1. The lowest BCUT2D eigenvalue weighted by Crippen LogP contribution is -2.58. The number of piperidine rings is 1. The first-order chi connectivity index (χ1) is 12.5. The Morgan fingerprint density at radius 1 is 1.50 bits per heavy atom. The van der Waals surface area contributed by atoms with Crippen LogP contribution in [0.3, 0.4) is 0 Å². The van der Waals surface area contributed by atoms with E-state index in [1.807, 2.05) is 12.1 Å². The summed E-state index contributed by atoms with van der Waals surface area (Å²) in [6.45, 7) is 0.968. The van der Waals surface area contributed by atoms with Crippen molar-refractivity contribution in [1.82, 2.24) is 4.90 Å². The predicted molar refractivity (Wildman–Crippen MR) is 99.9 cm³/mol. The molecule has 5 nitrogen and oxygen atoms in total. The highest BCUT2D eigenvalue weighted by molar-refractivity contribution is 9.10. The summed E-state index contributed by atoms with van der Waals surface area (Å²) >= 11 is 3.74. The van der Waals surface area contributed by atoms with E-state index in [1.54, 1.807) is 7.11 Å². The summed E-state index contributed by atoms with van der Waals surface area (Å²) in [5, 5.41) is 9.39. The van der Waals surface area contributed by atoms with E-state index in [0.29, 0.717) is 11.8 Å². The highest BCUT2D eigenvalue weighted by Crippen LogP contribution is 2.63. The Bertz CT molecular complexity index is 906. The number of carbonyl (C=O) groups is 1. The average Bonchev–Trinajstić information content (AvgIpc) is 2.95. The van der Waals surface area contributed by atoms with Crippen LogP contribution in [0.2, 0.25) is 0 Å². The number of halogens is 1. The number of ether oxygens (including phenoxy) is 2. The topological polar surface area (TPSA) is 59.0 Å². The maximum atomic E-state index is 11.4. The number of hydrogen-bond donors (Lipinski definition) is 1. The van der Waals surface area contributed by atoms with Crippen molar-refractivity contribution in [3.63, 3.8) is 0 Å². The van der Waals surface area contributed by atoms with Gasteiger partial charge in [-0.15, -0.1) is 0 Å². The Balaban J connectivity index is 1.81. The second-order valence-corrected chi connectivity index (χ2v) is 8.45. The summed E-state index contributed by atoms with van der Waals surface area (Å²) in [5.74, 6) is 0.686. The minimum atomic E-state index is -0.822. The van der Waals surface area contributed by atoms with Crippen LogP contribution in [0.15, 0.2) is 33.8 Å². The Kier molecular flexibility index (Phi) is 3.38. The Morgan fingerprint density at radius 3 is 3.04 bits per heavy atom. The van der Waals surface area contributed by atoms with Crippen molar-refractivity contribution in [2.45, 2.75) is 36.8 Å². The van der Waals surface area contributed by atoms with Crippen molar-refractivity contribution in [2.75, 3.05) is 20.7 Å². The monoisotopic (exact) mass is 417 g/mol. The molecule has 1 N–H and O–H groups in total. The molecule has 136 valence electrons. The first-order valence-corrected chi connectivity index (χ1v) is 9.66. The van der Waals surface area contributed by atoms with E-state index >= 15 is 0 Å². The molecule has 1 fully saturated rings. The standard InChI is InChI=1S/C20H20BrNO4/c1-22-6-5-20-12-4-3-10(7-16(23)24)19(20)26-18-15(25-2)9-13(21)11(17(18)20)8-14(12)22/h3-4,9,14,19H,5-8H2,1-2H3,(H,23,24)/t14?,19-,20-/m1/s1. The molecule has 2 aliphatic heterocycles. The molecule has 1 aromatic carbocycles. The lowest BCUT2D eigenvalue weighted by atomic mass is 9.56. The number of carboxylic acid groups (broad SMARTS) is 1. The van der Waals surface area contributed by atoms with Crippen LogP contribution in [-0.2, 0) is 16.6 Å². The van der Waals surface area contributed by atoms with E-state index in [9.17, 15) is 9.90 Å². The summed E-state index contributed by atoms with van der Waals surface area (Å²) in [6.07, 6.45) is 5.72. The molecule has 6 heteroatoms. The van der Waals surface area contributed by atoms with E-state index in [2.05, 4.69) is 34.0 Å². The van der Waals surface area contributed by atoms with Crippen LogP contribution in [0.4, 0.5) is 0 Å². The fourth-order valence-electron chi connectivity index (χ4n) is 5.40. The van der Waals surface area contributed by atoms with Gasteiger partial charge in [-0.3, -0.25) is 9.69 Å². The van der Waals surface area contributed by atoms with Crippen molar-refractivity contribution in [3.05, 3.63) is 45.0 Å². The maximum absolute atomic E-state index is 11.4. The molecule has 0 amide bonds. The van der Waals surface area contributed by atoms with E-state index < -0.39 is 5.97 Å². The molecule has 1 aromatic rings. The zero-order valence-corrected chi connectivity index (χ0v) is 16.3. The van der Waals surface area contributed by atoms with Crippen LogP contribution in [0.5, 0.6) is 11.5 Å². The zero-order valence-electron chi connectivity index (χ0n) is 14.7. The molecule has 2 heterocycles. The van der Waals surface area contributed by atoms with Gasteiger partial charge >= 0.3 is 5.97 Å². The van der Waals surface area contributed by atoms with Gasteiger partial charge in [-0.1, -0.05) is 28.1 Å². The fraction of sp³-hybridized carbons (Fsp3) is 0.450. The summed E-state index contributed by atoms with van der Waals surface area (Å²) < 4.78 is 13.1. The summed E-state index contributed by atoms with van der Waals surface area (Å²) in [6, 6.07) is 2.30. The van der Waals surface area contributed by atoms with Gasteiger partial charge < -0.3 is 14.6 Å². The summed E-state index contributed by atoms with van der Waals surface area (Å²) in [4.78, 5) is 13.8. The third kappa shape index (κ3) is 1.86. The van der Waals surface area contributed by atoms with Gasteiger partial charge in [0.25, 0.3) is 0 Å². The van der Waals surface area contributed by atoms with Crippen LogP contribution >= 0.6 is 15.9 Å². The predicted octanol–water partition coefficient (Wildman–Crippen LogP) is 3.06. The lowest BCUT2D eigenvalue weighted by Gasteiger charge is -2.53. The van der Waals surface area contributed by atoms with Crippen molar-refractivity contribution in [2.24, 2.45) is 0 Å². The van der Waals surface area contributed by atoms with E-state index in [4.69, 9.17) is 9.47 Å². The molecular formula is C20H20BrNO4. The van der Waals surface area contributed by atoms with Crippen LogP contribution in [0.1, 0.15) is 24.0 Å². The van der Waals surface area contributed by atoms with Gasteiger partial charge in [-0.2, -0.15) is 0 Å². The molecule has 1 saturated heterocycles. The minimum Gasteiger partial charge on any atom is -0.493 e. The average molecular weight is 418 g/mol. The summed E-state index contributed by atoms with van der Waals surface area (Å²) in [7, 11) is 3.82. The van der Waals surface area contributed by atoms with Gasteiger partial charge in [0.1, 0.15) is 6.10 Å². The number of methoxy groups -OCH3 is 1. The molecule has 1 unspecified atom stereocenters. The van der Waals surface area contributed by atoms with Gasteiger partial charge in [-0.25, -0.2) is 0 Å². The summed E-state index contributed by atoms with van der Waals surface area (Å²) in [5.41, 5.74) is 4.41. The molecule has 0 radical (unpaired) electrons. The highest BCUT2D eigenvalue weighted by Gasteiger charge is 2.61. The van der Waals surface area contributed by atoms with Gasteiger partial charge in [-0.05, 0) is 49.2 Å². The highest BCUT2D eigenvalue weighted by atomic mass is 79.9. The van der Waals surface area contributed by atoms with E-state index in [-0.39, 0.29) is 17.9 Å². The number of allylic oxidation sites excluding steroid dienone is 2. The first-order valence-electron chi connectivity index (χ1n) is 8.87. The normalized spacial score (nSPS) is 30.9. The molecule has 26 heavy (non-hydrogen) atoms. The Hall–Kier alpha value is -1.79. The Morgan fingerprint density at radius 2 is 2.31 bits per heavy atom. The smallest absolute Gasteiger partial charge is 0.307 e. The number of hydrogen-bond acceptors (Lipinski definition) is 4. The second-order valence-electron chi connectivity index (χ2n) is 7.60. The molecule has 0 saturated carbocycles. The first kappa shape index (κ1) is 16.4. The second kappa shape index (κ2) is 5.36. The zero-order chi connectivity index (χ0) is 18.2. The quantitative estimate of drug-likeness (QED) is 0.818. The van der Waals surface area contributed by atoms with Gasteiger partial charge in [0.15, 0.2) is 11.5 Å². The van der Waals surface area contributed by atoms with Crippen molar-refractivity contribution < 1.29 is 19.4 Å². The SMILES string of the molecule is COc1cc(Br)c2c3c1O[C@@H]1C(CC(=O)O)=CC=C4C(C2)N(C)CC[C@@]431. The lowest BCUT2D eigenvalue weighted by molar-refractivity contribution is -0.136. The molecule has 1 spiro atoms. The van der Waals surface area contributed by atoms with Crippen LogP contribution in [0.25, 0.3) is 0 Å². The van der Waals surface area contributed by atoms with Crippen LogP contribution in [0, 0.1) is 0 Å². The van der Waals surface area contributed by atoms with Crippen LogP contribution < -0.4 is 9.47 Å². The van der Waals surface area contributed by atoms with E-state index in [0.717, 1.165) is 35.2 Å². The number of rotatable bonds is 3. The molecule has 3 atom stereocenters. The number of nitrogens with zero attached hydrogens (tertiary/aromatic N) is 1. The number of likely N-dealkylation sites (N-methyl/N-ethyl adjacent to an activating group) is 1. The number of benzene rings is 1. The van der Waals surface area contributed by atoms with Gasteiger partial charge in [0.05, 0.1) is 18.9 Å².